The Morgan fingerprint density at radius 3 is 2.61 bits per heavy atom. The van der Waals surface area contributed by atoms with Gasteiger partial charge in [-0.1, -0.05) is 24.3 Å². The molecule has 0 saturated carbocycles. The van der Waals surface area contributed by atoms with Crippen molar-refractivity contribution in [1.82, 2.24) is 5.32 Å². The summed E-state index contributed by atoms with van der Waals surface area (Å²) in [5.41, 5.74) is 1.48. The zero-order valence-electron chi connectivity index (χ0n) is 13.0. The zero-order valence-corrected chi connectivity index (χ0v) is 13.0. The smallest absolute Gasteiger partial charge is 0.287 e. The molecule has 0 unspecified atom stereocenters. The number of amides is 1. The molecule has 3 rings (SSSR count). The van der Waals surface area contributed by atoms with E-state index in [-0.39, 0.29) is 23.6 Å². The summed E-state index contributed by atoms with van der Waals surface area (Å²) in [6.45, 7) is 2.79. The van der Waals surface area contributed by atoms with E-state index in [0.29, 0.717) is 17.9 Å². The number of carbonyl (C=O) groups is 2. The molecular formula is C18H19NO4. The molecule has 1 aliphatic heterocycles. The van der Waals surface area contributed by atoms with Crippen LogP contribution >= 0.6 is 0 Å². The highest BCUT2D eigenvalue weighted by Crippen LogP contribution is 2.23. The van der Waals surface area contributed by atoms with Crippen molar-refractivity contribution in [3.63, 3.8) is 0 Å². The Hall–Kier alpha value is -2.40. The Kier molecular flexibility index (Phi) is 4.57. The van der Waals surface area contributed by atoms with Gasteiger partial charge in [0.15, 0.2) is 11.5 Å². The highest BCUT2D eigenvalue weighted by molar-refractivity contribution is 5.94. The van der Waals surface area contributed by atoms with Crippen LogP contribution in [-0.4, -0.2) is 30.9 Å². The van der Waals surface area contributed by atoms with Gasteiger partial charge in [0, 0.05) is 24.3 Å². The number of nitrogens with one attached hydrogen (secondary N) is 1. The molecule has 2 aromatic rings. The van der Waals surface area contributed by atoms with Gasteiger partial charge >= 0.3 is 0 Å². The van der Waals surface area contributed by atoms with Gasteiger partial charge in [-0.3, -0.25) is 9.59 Å². The first kappa shape index (κ1) is 15.5. The molecule has 5 heteroatoms. The monoisotopic (exact) mass is 313 g/mol. The van der Waals surface area contributed by atoms with Gasteiger partial charge in [0.05, 0.1) is 6.10 Å². The largest absolute Gasteiger partial charge is 0.451 e. The van der Waals surface area contributed by atoms with Crippen LogP contribution in [-0.2, 0) is 4.74 Å². The van der Waals surface area contributed by atoms with Crippen LogP contribution in [0.5, 0.6) is 0 Å². The minimum absolute atomic E-state index is 0.0187. The number of ketones is 1. The predicted octanol–water partition coefficient (Wildman–Crippen LogP) is 3.06. The average molecular weight is 313 g/mol. The van der Waals surface area contributed by atoms with Crippen LogP contribution in [0.3, 0.4) is 0 Å². The molecule has 1 saturated heterocycles. The molecule has 0 spiro atoms. The highest BCUT2D eigenvalue weighted by Gasteiger charge is 2.18. The normalized spacial score (nSPS) is 17.2. The fourth-order valence-electron chi connectivity index (χ4n) is 2.58. The van der Waals surface area contributed by atoms with E-state index in [4.69, 9.17) is 9.15 Å². The van der Waals surface area contributed by atoms with Crippen LogP contribution in [0.25, 0.3) is 11.3 Å². The van der Waals surface area contributed by atoms with E-state index in [9.17, 15) is 9.59 Å². The van der Waals surface area contributed by atoms with E-state index >= 15 is 0 Å². The molecule has 1 aromatic carbocycles. The molecule has 120 valence electrons. The molecular weight excluding hydrogens is 294 g/mol. The third kappa shape index (κ3) is 3.68. The van der Waals surface area contributed by atoms with Crippen LogP contribution in [0.2, 0.25) is 0 Å². The van der Waals surface area contributed by atoms with Gasteiger partial charge in [-0.2, -0.15) is 0 Å². The summed E-state index contributed by atoms with van der Waals surface area (Å²) in [6, 6.07) is 10.5. The van der Waals surface area contributed by atoms with Gasteiger partial charge in [-0.15, -0.1) is 0 Å². The SMILES string of the molecule is CC(=O)c1ccc(-c2ccc(C(=O)NC[C@@H]3CCCO3)o2)cc1. The first-order valence-corrected chi connectivity index (χ1v) is 7.74. The lowest BCUT2D eigenvalue weighted by Gasteiger charge is -2.09. The number of benzene rings is 1. The molecule has 23 heavy (non-hydrogen) atoms. The number of furan rings is 1. The van der Waals surface area contributed by atoms with Gasteiger partial charge in [-0.05, 0) is 31.9 Å². The quantitative estimate of drug-likeness (QED) is 0.861. The van der Waals surface area contributed by atoms with Crippen LogP contribution in [0.4, 0.5) is 0 Å². The maximum atomic E-state index is 12.1. The molecule has 1 atom stereocenters. The fourth-order valence-corrected chi connectivity index (χ4v) is 2.58. The van der Waals surface area contributed by atoms with Crippen molar-refractivity contribution in [3.05, 3.63) is 47.7 Å². The molecule has 2 heterocycles. The van der Waals surface area contributed by atoms with Gasteiger partial charge < -0.3 is 14.5 Å². The van der Waals surface area contributed by atoms with Crippen molar-refractivity contribution in [2.75, 3.05) is 13.2 Å². The minimum Gasteiger partial charge on any atom is -0.451 e. The zero-order chi connectivity index (χ0) is 16.2. The van der Waals surface area contributed by atoms with Crippen molar-refractivity contribution in [2.24, 2.45) is 0 Å². The second kappa shape index (κ2) is 6.79. The molecule has 1 aromatic heterocycles. The Bertz CT molecular complexity index is 696. The first-order chi connectivity index (χ1) is 11.1. The van der Waals surface area contributed by atoms with Gasteiger partial charge in [-0.25, -0.2) is 0 Å². The van der Waals surface area contributed by atoms with Crippen molar-refractivity contribution >= 4 is 11.7 Å². The molecule has 1 fully saturated rings. The van der Waals surface area contributed by atoms with Crippen molar-refractivity contribution in [2.45, 2.75) is 25.9 Å². The lowest BCUT2D eigenvalue weighted by atomic mass is 10.1. The lowest BCUT2D eigenvalue weighted by Crippen LogP contribution is -2.31. The molecule has 5 nitrogen and oxygen atoms in total. The molecule has 0 bridgehead atoms. The molecule has 0 radical (unpaired) electrons. The maximum Gasteiger partial charge on any atom is 0.287 e. The third-order valence-electron chi connectivity index (χ3n) is 3.92. The number of carbonyl (C=O) groups excluding carboxylic acids is 2. The summed E-state index contributed by atoms with van der Waals surface area (Å²) in [5, 5.41) is 2.83. The van der Waals surface area contributed by atoms with E-state index in [1.165, 1.54) is 6.92 Å². The van der Waals surface area contributed by atoms with Gasteiger partial charge in [0.1, 0.15) is 5.76 Å². The Morgan fingerprint density at radius 2 is 1.96 bits per heavy atom. The van der Waals surface area contributed by atoms with Crippen LogP contribution < -0.4 is 5.32 Å². The topological polar surface area (TPSA) is 68.5 Å². The number of ether oxygens (including phenoxy) is 1. The standard InChI is InChI=1S/C18H19NO4/c1-12(20)13-4-6-14(7-5-13)16-8-9-17(23-16)18(21)19-11-15-3-2-10-22-15/h4-9,15H,2-3,10-11H2,1H3,(H,19,21)/t15-/m0/s1. The third-order valence-corrected chi connectivity index (χ3v) is 3.92. The van der Waals surface area contributed by atoms with Crippen molar-refractivity contribution < 1.29 is 18.7 Å². The number of rotatable bonds is 5. The Morgan fingerprint density at radius 1 is 1.17 bits per heavy atom. The molecule has 1 N–H and O–H groups in total. The summed E-state index contributed by atoms with van der Waals surface area (Å²) in [5.74, 6) is 0.647. The predicted molar refractivity (Wildman–Crippen MR) is 85.5 cm³/mol. The van der Waals surface area contributed by atoms with E-state index in [1.54, 1.807) is 24.3 Å². The van der Waals surface area contributed by atoms with E-state index in [2.05, 4.69) is 5.32 Å². The minimum atomic E-state index is -0.243. The fraction of sp³-hybridized carbons (Fsp3) is 0.333. The summed E-state index contributed by atoms with van der Waals surface area (Å²) < 4.78 is 11.1. The van der Waals surface area contributed by atoms with E-state index in [1.807, 2.05) is 12.1 Å². The highest BCUT2D eigenvalue weighted by atomic mass is 16.5. The van der Waals surface area contributed by atoms with Crippen LogP contribution in [0.15, 0.2) is 40.8 Å². The second-order valence-corrected chi connectivity index (χ2v) is 5.64. The second-order valence-electron chi connectivity index (χ2n) is 5.64. The van der Waals surface area contributed by atoms with Crippen molar-refractivity contribution in [3.8, 4) is 11.3 Å². The summed E-state index contributed by atoms with van der Waals surface area (Å²) in [4.78, 5) is 23.4. The molecule has 1 amide bonds. The maximum absolute atomic E-state index is 12.1. The van der Waals surface area contributed by atoms with E-state index in [0.717, 1.165) is 25.0 Å². The Balaban J connectivity index is 1.64. The summed E-state index contributed by atoms with van der Waals surface area (Å²) in [7, 11) is 0. The van der Waals surface area contributed by atoms with Crippen LogP contribution in [0, 0.1) is 0 Å². The lowest BCUT2D eigenvalue weighted by molar-refractivity contribution is 0.0836. The van der Waals surface area contributed by atoms with Gasteiger partial charge in [0.2, 0.25) is 0 Å². The van der Waals surface area contributed by atoms with Crippen molar-refractivity contribution in [1.29, 1.82) is 0 Å². The van der Waals surface area contributed by atoms with Crippen LogP contribution in [0.1, 0.15) is 40.7 Å². The number of Topliss-reactive ketones (excluding diaryl/α,β-unsaturated/α-hetero) is 1. The molecule has 0 aliphatic carbocycles. The molecule has 1 aliphatic rings. The van der Waals surface area contributed by atoms with E-state index < -0.39 is 0 Å². The summed E-state index contributed by atoms with van der Waals surface area (Å²) in [6.07, 6.45) is 2.13. The number of hydrogen-bond donors (Lipinski definition) is 1. The number of hydrogen-bond acceptors (Lipinski definition) is 4. The Labute approximate surface area is 134 Å². The first-order valence-electron chi connectivity index (χ1n) is 7.74. The van der Waals surface area contributed by atoms with Gasteiger partial charge in [0.25, 0.3) is 5.91 Å². The summed E-state index contributed by atoms with van der Waals surface area (Å²) >= 11 is 0. The average Bonchev–Trinajstić information content (AvgIpc) is 3.24.